The number of carbonyl (C=O) groups is 1. The van der Waals surface area contributed by atoms with Crippen molar-refractivity contribution in [2.24, 2.45) is 10.9 Å². The van der Waals surface area contributed by atoms with Crippen LogP contribution in [0.25, 0.3) is 0 Å². The van der Waals surface area contributed by atoms with Gasteiger partial charge in [-0.3, -0.25) is 9.79 Å². The van der Waals surface area contributed by atoms with Gasteiger partial charge in [-0.05, 0) is 36.6 Å². The Morgan fingerprint density at radius 3 is 2.33 bits per heavy atom. The summed E-state index contributed by atoms with van der Waals surface area (Å²) in [5.41, 5.74) is 4.36. The molecule has 0 saturated heterocycles. The van der Waals surface area contributed by atoms with E-state index in [2.05, 4.69) is 52.1 Å². The molecular weight excluding hydrogens is 336 g/mol. The molecule has 5 nitrogen and oxygen atoms in total. The highest BCUT2D eigenvalue weighted by Crippen LogP contribution is 2.13. The number of anilines is 1. The monoisotopic (exact) mass is 366 g/mol. The average Bonchev–Trinajstić information content (AvgIpc) is 2.69. The minimum Gasteiger partial charge on any atom is -0.352 e. The molecule has 144 valence electrons. The predicted octanol–water partition coefficient (Wildman–Crippen LogP) is 3.84. The van der Waals surface area contributed by atoms with Crippen molar-refractivity contribution in [2.45, 2.75) is 40.3 Å². The Morgan fingerprint density at radius 1 is 1.04 bits per heavy atom. The fraction of sp³-hybridized carbons (Fsp3) is 0.364. The molecule has 27 heavy (non-hydrogen) atoms. The van der Waals surface area contributed by atoms with Crippen LogP contribution in [0.1, 0.15) is 37.0 Å². The van der Waals surface area contributed by atoms with Crippen LogP contribution in [0.15, 0.2) is 53.5 Å². The molecule has 0 saturated carbocycles. The van der Waals surface area contributed by atoms with E-state index in [9.17, 15) is 4.79 Å². The van der Waals surface area contributed by atoms with Crippen molar-refractivity contribution >= 4 is 17.6 Å². The second-order valence-corrected chi connectivity index (χ2v) is 6.76. The van der Waals surface area contributed by atoms with E-state index in [1.54, 1.807) is 7.05 Å². The van der Waals surface area contributed by atoms with Gasteiger partial charge in [0, 0.05) is 31.7 Å². The zero-order valence-corrected chi connectivity index (χ0v) is 16.7. The summed E-state index contributed by atoms with van der Waals surface area (Å²) in [5.74, 6) is 0.805. The van der Waals surface area contributed by atoms with E-state index >= 15 is 0 Å². The van der Waals surface area contributed by atoms with Crippen LogP contribution in [-0.2, 0) is 17.9 Å². The number of aliphatic imine (C=N–C) groups is 1. The average molecular weight is 367 g/mol. The first-order valence-corrected chi connectivity index (χ1v) is 9.41. The SMILES string of the molecule is CCC(C)C(=O)Nc1cccc(CNC(=NC)NCc2ccc(C)cc2)c1. The van der Waals surface area contributed by atoms with E-state index in [-0.39, 0.29) is 11.8 Å². The number of guanidine groups is 1. The Hall–Kier alpha value is -2.82. The maximum Gasteiger partial charge on any atom is 0.227 e. The predicted molar refractivity (Wildman–Crippen MR) is 113 cm³/mol. The molecule has 1 amide bonds. The molecule has 0 fully saturated rings. The van der Waals surface area contributed by atoms with Crippen LogP contribution < -0.4 is 16.0 Å². The lowest BCUT2D eigenvalue weighted by Gasteiger charge is -2.14. The minimum absolute atomic E-state index is 0.0107. The lowest BCUT2D eigenvalue weighted by atomic mass is 10.1. The van der Waals surface area contributed by atoms with Crippen molar-refractivity contribution in [3.63, 3.8) is 0 Å². The zero-order valence-electron chi connectivity index (χ0n) is 16.7. The quantitative estimate of drug-likeness (QED) is 0.515. The molecular formula is C22H30N4O. The first kappa shape index (κ1) is 20.5. The van der Waals surface area contributed by atoms with Gasteiger partial charge in [-0.2, -0.15) is 0 Å². The van der Waals surface area contributed by atoms with Gasteiger partial charge in [-0.15, -0.1) is 0 Å². The molecule has 1 atom stereocenters. The van der Waals surface area contributed by atoms with Crippen molar-refractivity contribution in [3.8, 4) is 0 Å². The van der Waals surface area contributed by atoms with Gasteiger partial charge in [0.05, 0.1) is 0 Å². The molecule has 0 aromatic heterocycles. The van der Waals surface area contributed by atoms with Crippen LogP contribution >= 0.6 is 0 Å². The Balaban J connectivity index is 1.87. The van der Waals surface area contributed by atoms with E-state index in [0.29, 0.717) is 13.1 Å². The third-order valence-corrected chi connectivity index (χ3v) is 4.52. The van der Waals surface area contributed by atoms with E-state index in [1.165, 1.54) is 11.1 Å². The number of amides is 1. The smallest absolute Gasteiger partial charge is 0.227 e. The summed E-state index contributed by atoms with van der Waals surface area (Å²) in [4.78, 5) is 16.3. The molecule has 5 heteroatoms. The molecule has 0 radical (unpaired) electrons. The lowest BCUT2D eigenvalue weighted by molar-refractivity contribution is -0.119. The molecule has 0 aliphatic rings. The van der Waals surface area contributed by atoms with Crippen molar-refractivity contribution in [2.75, 3.05) is 12.4 Å². The van der Waals surface area contributed by atoms with Crippen LogP contribution in [0.2, 0.25) is 0 Å². The Morgan fingerprint density at radius 2 is 1.70 bits per heavy atom. The fourth-order valence-electron chi connectivity index (χ4n) is 2.51. The van der Waals surface area contributed by atoms with Crippen LogP contribution in [0.3, 0.4) is 0 Å². The van der Waals surface area contributed by atoms with Gasteiger partial charge >= 0.3 is 0 Å². The Kier molecular flexibility index (Phi) is 7.86. The topological polar surface area (TPSA) is 65.5 Å². The summed E-state index contributed by atoms with van der Waals surface area (Å²) in [6, 6.07) is 16.3. The van der Waals surface area contributed by atoms with Crippen LogP contribution in [0.5, 0.6) is 0 Å². The minimum atomic E-state index is 0.0107. The first-order chi connectivity index (χ1) is 13.0. The van der Waals surface area contributed by atoms with Crippen molar-refractivity contribution in [1.29, 1.82) is 0 Å². The molecule has 0 aliphatic carbocycles. The summed E-state index contributed by atoms with van der Waals surface area (Å²) in [7, 11) is 1.76. The zero-order chi connectivity index (χ0) is 19.6. The number of carbonyl (C=O) groups excluding carboxylic acids is 1. The molecule has 2 aromatic carbocycles. The van der Waals surface area contributed by atoms with Gasteiger partial charge in [-0.25, -0.2) is 0 Å². The van der Waals surface area contributed by atoms with Crippen molar-refractivity contribution in [3.05, 3.63) is 65.2 Å². The largest absolute Gasteiger partial charge is 0.352 e. The van der Waals surface area contributed by atoms with Gasteiger partial charge in [0.2, 0.25) is 5.91 Å². The first-order valence-electron chi connectivity index (χ1n) is 9.41. The summed E-state index contributed by atoms with van der Waals surface area (Å²) in [5, 5.41) is 9.60. The normalized spacial score (nSPS) is 12.4. The fourth-order valence-corrected chi connectivity index (χ4v) is 2.51. The summed E-state index contributed by atoms with van der Waals surface area (Å²) < 4.78 is 0. The van der Waals surface area contributed by atoms with Gasteiger partial charge in [0.15, 0.2) is 5.96 Å². The van der Waals surface area contributed by atoms with Crippen LogP contribution in [-0.4, -0.2) is 18.9 Å². The summed E-state index contributed by atoms with van der Waals surface area (Å²) in [6.45, 7) is 7.37. The second kappa shape index (κ2) is 10.4. The van der Waals surface area contributed by atoms with Crippen LogP contribution in [0, 0.1) is 12.8 Å². The number of hydrogen-bond acceptors (Lipinski definition) is 2. The highest BCUT2D eigenvalue weighted by atomic mass is 16.1. The van der Waals surface area contributed by atoms with E-state index in [0.717, 1.165) is 23.6 Å². The number of nitrogens with zero attached hydrogens (tertiary/aromatic N) is 1. The second-order valence-electron chi connectivity index (χ2n) is 6.76. The third-order valence-electron chi connectivity index (χ3n) is 4.52. The number of nitrogens with one attached hydrogen (secondary N) is 3. The highest BCUT2D eigenvalue weighted by molar-refractivity contribution is 5.92. The molecule has 0 heterocycles. The number of rotatable bonds is 7. The number of benzene rings is 2. The van der Waals surface area contributed by atoms with Gasteiger partial charge in [0.25, 0.3) is 0 Å². The van der Waals surface area contributed by atoms with Crippen molar-refractivity contribution in [1.82, 2.24) is 10.6 Å². The highest BCUT2D eigenvalue weighted by Gasteiger charge is 2.10. The summed E-state index contributed by atoms with van der Waals surface area (Å²) in [6.07, 6.45) is 0.829. The molecule has 3 N–H and O–H groups in total. The standard InChI is InChI=1S/C22H30N4O/c1-5-17(3)21(27)26-20-8-6-7-19(13-20)15-25-22(23-4)24-14-18-11-9-16(2)10-12-18/h6-13,17H,5,14-15H2,1-4H3,(H,26,27)(H2,23,24,25). The number of aryl methyl sites for hydroxylation is 1. The van der Waals surface area contributed by atoms with Gasteiger partial charge in [-0.1, -0.05) is 55.8 Å². The molecule has 1 unspecified atom stereocenters. The van der Waals surface area contributed by atoms with Gasteiger partial charge in [0.1, 0.15) is 0 Å². The third kappa shape index (κ3) is 6.77. The maximum absolute atomic E-state index is 12.1. The maximum atomic E-state index is 12.1. The summed E-state index contributed by atoms with van der Waals surface area (Å²) >= 11 is 0. The van der Waals surface area contributed by atoms with Crippen molar-refractivity contribution < 1.29 is 4.79 Å². The van der Waals surface area contributed by atoms with E-state index < -0.39 is 0 Å². The molecule has 0 aliphatic heterocycles. The van der Waals surface area contributed by atoms with Gasteiger partial charge < -0.3 is 16.0 Å². The lowest BCUT2D eigenvalue weighted by Crippen LogP contribution is -2.36. The van der Waals surface area contributed by atoms with E-state index in [1.807, 2.05) is 38.1 Å². The van der Waals surface area contributed by atoms with Crippen LogP contribution in [0.4, 0.5) is 5.69 Å². The Labute approximate surface area is 162 Å². The number of hydrogen-bond donors (Lipinski definition) is 3. The molecule has 0 spiro atoms. The molecule has 2 rings (SSSR count). The Bertz CT molecular complexity index is 768. The molecule has 2 aromatic rings. The van der Waals surface area contributed by atoms with E-state index in [4.69, 9.17) is 0 Å². The molecule has 0 bridgehead atoms.